The highest BCUT2D eigenvalue weighted by Gasteiger charge is 2.11. The summed E-state index contributed by atoms with van der Waals surface area (Å²) in [5.41, 5.74) is 0.969. The summed E-state index contributed by atoms with van der Waals surface area (Å²) in [6.07, 6.45) is 5.64. The molecule has 0 N–H and O–H groups in total. The lowest BCUT2D eigenvalue weighted by molar-refractivity contribution is 0.500. The third kappa shape index (κ3) is 2.27. The molecule has 0 saturated heterocycles. The topological polar surface area (TPSA) is 34.9 Å². The standard InChI is InChI=1S/C14H16N2O.ClH/c17-14-11-7-4-5-8-12(11)15-13-9-3-1-2-6-10-16(13)14;/h4-5,7-8H,1-3,6,9-10H2;1H. The Labute approximate surface area is 112 Å². The van der Waals surface area contributed by atoms with E-state index in [1.165, 1.54) is 12.8 Å². The van der Waals surface area contributed by atoms with Crippen LogP contribution in [0.25, 0.3) is 10.9 Å². The second kappa shape index (κ2) is 5.53. The van der Waals surface area contributed by atoms with E-state index in [0.717, 1.165) is 42.5 Å². The molecule has 3 rings (SSSR count). The molecular formula is C14H17ClN2O. The maximum Gasteiger partial charge on any atom is 0.261 e. The van der Waals surface area contributed by atoms with E-state index in [9.17, 15) is 4.79 Å². The minimum atomic E-state index is 0. The van der Waals surface area contributed by atoms with Crippen molar-refractivity contribution in [3.8, 4) is 0 Å². The summed E-state index contributed by atoms with van der Waals surface area (Å²) in [6, 6.07) is 7.64. The van der Waals surface area contributed by atoms with Crippen molar-refractivity contribution < 1.29 is 0 Å². The molecule has 0 fully saturated rings. The number of rotatable bonds is 0. The molecule has 3 nitrogen and oxygen atoms in total. The van der Waals surface area contributed by atoms with Gasteiger partial charge in [-0.05, 0) is 25.0 Å². The molecule has 1 aliphatic rings. The first-order valence-electron chi connectivity index (χ1n) is 6.35. The lowest BCUT2D eigenvalue weighted by Gasteiger charge is -2.16. The summed E-state index contributed by atoms with van der Waals surface area (Å²) in [5, 5.41) is 0.747. The van der Waals surface area contributed by atoms with Crippen LogP contribution in [-0.2, 0) is 13.0 Å². The molecule has 0 radical (unpaired) electrons. The number of fused-ring (bicyclic) bond motifs is 2. The second-order valence-corrected chi connectivity index (χ2v) is 4.67. The van der Waals surface area contributed by atoms with E-state index in [2.05, 4.69) is 4.98 Å². The Bertz CT molecular complexity index is 606. The van der Waals surface area contributed by atoms with E-state index in [1.807, 2.05) is 28.8 Å². The zero-order valence-electron chi connectivity index (χ0n) is 10.3. The maximum atomic E-state index is 12.4. The minimum absolute atomic E-state index is 0. The second-order valence-electron chi connectivity index (χ2n) is 4.67. The van der Waals surface area contributed by atoms with Crippen molar-refractivity contribution >= 4 is 23.3 Å². The lowest BCUT2D eigenvalue weighted by atomic mass is 10.1. The number of para-hydroxylation sites is 1. The van der Waals surface area contributed by atoms with Crippen LogP contribution in [0.1, 0.15) is 31.5 Å². The molecule has 0 spiro atoms. The van der Waals surface area contributed by atoms with Gasteiger partial charge in [0, 0.05) is 13.0 Å². The third-order valence-corrected chi connectivity index (χ3v) is 3.47. The Morgan fingerprint density at radius 1 is 1.06 bits per heavy atom. The Morgan fingerprint density at radius 3 is 2.72 bits per heavy atom. The molecule has 0 amide bonds. The smallest absolute Gasteiger partial charge is 0.261 e. The molecule has 0 atom stereocenters. The van der Waals surface area contributed by atoms with Crippen molar-refractivity contribution in [2.75, 3.05) is 0 Å². The molecule has 0 unspecified atom stereocenters. The molecule has 0 bridgehead atoms. The van der Waals surface area contributed by atoms with Crippen LogP contribution in [0, 0.1) is 0 Å². The van der Waals surface area contributed by atoms with Crippen LogP contribution >= 0.6 is 12.4 Å². The average Bonchev–Trinajstić information content (AvgIpc) is 2.32. The highest BCUT2D eigenvalue weighted by Crippen LogP contribution is 2.14. The van der Waals surface area contributed by atoms with Crippen LogP contribution in [0.5, 0.6) is 0 Å². The normalized spacial score (nSPS) is 15.3. The fourth-order valence-corrected chi connectivity index (χ4v) is 2.54. The molecule has 1 aromatic carbocycles. The molecule has 1 aromatic heterocycles. The summed E-state index contributed by atoms with van der Waals surface area (Å²) in [5.74, 6) is 0.966. The number of nitrogens with zero attached hydrogens (tertiary/aromatic N) is 2. The van der Waals surface area contributed by atoms with Crippen molar-refractivity contribution in [3.05, 3.63) is 40.4 Å². The summed E-state index contributed by atoms with van der Waals surface area (Å²) in [4.78, 5) is 17.0. The number of halogens is 1. The van der Waals surface area contributed by atoms with Crippen molar-refractivity contribution in [2.45, 2.75) is 38.6 Å². The van der Waals surface area contributed by atoms with Crippen molar-refractivity contribution in [2.24, 2.45) is 0 Å². The van der Waals surface area contributed by atoms with Gasteiger partial charge in [0.2, 0.25) is 0 Å². The first kappa shape index (κ1) is 13.1. The molecule has 0 aliphatic carbocycles. The average molecular weight is 265 g/mol. The van der Waals surface area contributed by atoms with Gasteiger partial charge in [0.1, 0.15) is 5.82 Å². The van der Waals surface area contributed by atoms with Gasteiger partial charge < -0.3 is 0 Å². The molecule has 96 valence electrons. The van der Waals surface area contributed by atoms with Gasteiger partial charge in [-0.15, -0.1) is 12.4 Å². The Kier molecular flexibility index (Phi) is 4.02. The van der Waals surface area contributed by atoms with Gasteiger partial charge >= 0.3 is 0 Å². The van der Waals surface area contributed by atoms with Gasteiger partial charge in [-0.2, -0.15) is 0 Å². The maximum absolute atomic E-state index is 12.4. The van der Waals surface area contributed by atoms with E-state index in [1.54, 1.807) is 0 Å². The van der Waals surface area contributed by atoms with E-state index < -0.39 is 0 Å². The fraction of sp³-hybridized carbons (Fsp3) is 0.429. The molecule has 0 saturated carbocycles. The Balaban J connectivity index is 0.00000120. The first-order valence-corrected chi connectivity index (χ1v) is 6.35. The van der Waals surface area contributed by atoms with Crippen molar-refractivity contribution in [1.82, 2.24) is 9.55 Å². The largest absolute Gasteiger partial charge is 0.296 e. The van der Waals surface area contributed by atoms with Gasteiger partial charge in [-0.25, -0.2) is 4.98 Å². The van der Waals surface area contributed by atoms with Crippen LogP contribution in [0.4, 0.5) is 0 Å². The molecule has 2 heterocycles. The van der Waals surface area contributed by atoms with Crippen molar-refractivity contribution in [3.63, 3.8) is 0 Å². The van der Waals surface area contributed by atoms with Gasteiger partial charge in [0.25, 0.3) is 5.56 Å². The van der Waals surface area contributed by atoms with Crippen LogP contribution in [-0.4, -0.2) is 9.55 Å². The number of aromatic nitrogens is 2. The third-order valence-electron chi connectivity index (χ3n) is 3.47. The zero-order valence-corrected chi connectivity index (χ0v) is 11.1. The molecule has 2 aromatic rings. The Morgan fingerprint density at radius 2 is 1.83 bits per heavy atom. The highest BCUT2D eigenvalue weighted by atomic mass is 35.5. The molecule has 18 heavy (non-hydrogen) atoms. The van der Waals surface area contributed by atoms with Crippen LogP contribution in [0.3, 0.4) is 0 Å². The Hall–Kier alpha value is -1.35. The quantitative estimate of drug-likeness (QED) is 0.733. The van der Waals surface area contributed by atoms with Crippen LogP contribution < -0.4 is 5.56 Å². The van der Waals surface area contributed by atoms with Crippen LogP contribution in [0.2, 0.25) is 0 Å². The summed E-state index contributed by atoms with van der Waals surface area (Å²) in [7, 11) is 0. The van der Waals surface area contributed by atoms with Gasteiger partial charge in [-0.3, -0.25) is 9.36 Å². The zero-order chi connectivity index (χ0) is 11.7. The van der Waals surface area contributed by atoms with E-state index >= 15 is 0 Å². The van der Waals surface area contributed by atoms with Gasteiger partial charge in [0.05, 0.1) is 10.9 Å². The van der Waals surface area contributed by atoms with Crippen LogP contribution in [0.15, 0.2) is 29.1 Å². The monoisotopic (exact) mass is 264 g/mol. The number of aryl methyl sites for hydroxylation is 1. The predicted molar refractivity (Wildman–Crippen MR) is 75.4 cm³/mol. The SMILES string of the molecule is Cl.O=c1c2ccccc2nc2n1CCCCCC2. The van der Waals surface area contributed by atoms with Gasteiger partial charge in [-0.1, -0.05) is 25.0 Å². The highest BCUT2D eigenvalue weighted by molar-refractivity contribution is 5.85. The predicted octanol–water partition coefficient (Wildman–Crippen LogP) is 2.93. The summed E-state index contributed by atoms with van der Waals surface area (Å²) in [6.45, 7) is 0.825. The molecule has 1 aliphatic heterocycles. The lowest BCUT2D eigenvalue weighted by Crippen LogP contribution is -2.26. The summed E-state index contributed by atoms with van der Waals surface area (Å²) >= 11 is 0. The minimum Gasteiger partial charge on any atom is -0.296 e. The number of hydrogen-bond donors (Lipinski definition) is 0. The fourth-order valence-electron chi connectivity index (χ4n) is 2.54. The van der Waals surface area contributed by atoms with Crippen molar-refractivity contribution in [1.29, 1.82) is 0 Å². The first-order chi connectivity index (χ1) is 8.36. The van der Waals surface area contributed by atoms with Gasteiger partial charge in [0.15, 0.2) is 0 Å². The molecule has 4 heteroatoms. The summed E-state index contributed by atoms with van der Waals surface area (Å²) < 4.78 is 1.88. The van der Waals surface area contributed by atoms with E-state index in [4.69, 9.17) is 0 Å². The molecular weight excluding hydrogens is 248 g/mol. The number of hydrogen-bond acceptors (Lipinski definition) is 2. The number of benzene rings is 1. The van der Waals surface area contributed by atoms with E-state index in [-0.39, 0.29) is 18.0 Å². The van der Waals surface area contributed by atoms with E-state index in [0.29, 0.717) is 0 Å².